The van der Waals surface area contributed by atoms with Crippen LogP contribution in [-0.4, -0.2) is 58.4 Å². The number of amides is 1. The second kappa shape index (κ2) is 7.26. The van der Waals surface area contributed by atoms with Gasteiger partial charge in [0.2, 0.25) is 5.91 Å². The first-order valence-corrected chi connectivity index (χ1v) is 10.3. The molecule has 6 nitrogen and oxygen atoms in total. The van der Waals surface area contributed by atoms with Gasteiger partial charge in [-0.3, -0.25) is 9.69 Å². The van der Waals surface area contributed by atoms with Crippen LogP contribution in [0.25, 0.3) is 11.4 Å². The lowest BCUT2D eigenvalue weighted by atomic mass is 9.87. The van der Waals surface area contributed by atoms with Gasteiger partial charge in [0.05, 0.1) is 31.9 Å². The minimum atomic E-state index is -0.404. The molecular formula is C22H26N4O2. The fourth-order valence-electron chi connectivity index (χ4n) is 4.51. The van der Waals surface area contributed by atoms with Crippen molar-refractivity contribution in [1.82, 2.24) is 19.8 Å². The first kappa shape index (κ1) is 17.8. The average molecular weight is 378 g/mol. The predicted octanol–water partition coefficient (Wildman–Crippen LogP) is 2.59. The Hall–Kier alpha value is -2.31. The topological polar surface area (TPSA) is 58.6 Å². The fourth-order valence-corrected chi connectivity index (χ4v) is 4.51. The number of nitrogens with zero attached hydrogens (tertiary/aromatic N) is 4. The van der Waals surface area contributed by atoms with Gasteiger partial charge in [-0.25, -0.2) is 9.97 Å². The van der Waals surface area contributed by atoms with Crippen LogP contribution in [0.15, 0.2) is 36.5 Å². The summed E-state index contributed by atoms with van der Waals surface area (Å²) in [5, 5.41) is 0. The molecule has 4 heterocycles. The van der Waals surface area contributed by atoms with Crippen molar-refractivity contribution in [2.45, 2.75) is 37.9 Å². The van der Waals surface area contributed by atoms with Crippen LogP contribution in [-0.2, 0) is 21.7 Å². The molecule has 0 saturated carbocycles. The van der Waals surface area contributed by atoms with E-state index < -0.39 is 5.60 Å². The first-order chi connectivity index (χ1) is 13.7. The zero-order valence-electron chi connectivity index (χ0n) is 16.1. The molecule has 1 amide bonds. The van der Waals surface area contributed by atoms with E-state index in [2.05, 4.69) is 9.88 Å². The van der Waals surface area contributed by atoms with Gasteiger partial charge in [-0.15, -0.1) is 0 Å². The molecule has 2 saturated heterocycles. The van der Waals surface area contributed by atoms with Gasteiger partial charge in [0.1, 0.15) is 5.60 Å². The van der Waals surface area contributed by atoms with Crippen LogP contribution >= 0.6 is 0 Å². The van der Waals surface area contributed by atoms with E-state index in [4.69, 9.17) is 9.72 Å². The maximum atomic E-state index is 12.7. The van der Waals surface area contributed by atoms with E-state index in [0.717, 1.165) is 35.7 Å². The van der Waals surface area contributed by atoms with Gasteiger partial charge >= 0.3 is 0 Å². The van der Waals surface area contributed by atoms with Crippen LogP contribution < -0.4 is 0 Å². The quantitative estimate of drug-likeness (QED) is 0.822. The number of hydrogen-bond acceptors (Lipinski definition) is 5. The first-order valence-electron chi connectivity index (χ1n) is 10.3. The van der Waals surface area contributed by atoms with Crippen molar-refractivity contribution in [1.29, 1.82) is 0 Å². The van der Waals surface area contributed by atoms with E-state index in [1.165, 1.54) is 25.7 Å². The molecule has 3 aliphatic rings. The Kier molecular flexibility index (Phi) is 4.61. The standard InChI is InChI=1S/C22H26N4O2/c27-20(13-25-10-6-1-2-7-11-25)26-15-22(16-26)18-12-23-21(24-19(18)14-28-22)17-8-4-3-5-9-17/h3-5,8-9,12H,1-2,6-7,10-11,13-16H2. The maximum Gasteiger partial charge on any atom is 0.236 e. The van der Waals surface area contributed by atoms with Crippen molar-refractivity contribution >= 4 is 5.91 Å². The molecule has 5 rings (SSSR count). The molecule has 0 atom stereocenters. The van der Waals surface area contributed by atoms with E-state index in [9.17, 15) is 4.79 Å². The summed E-state index contributed by atoms with van der Waals surface area (Å²) >= 11 is 0. The van der Waals surface area contributed by atoms with Crippen LogP contribution in [0.5, 0.6) is 0 Å². The highest BCUT2D eigenvalue weighted by molar-refractivity contribution is 5.79. The van der Waals surface area contributed by atoms with Gasteiger partial charge in [0.15, 0.2) is 5.82 Å². The fraction of sp³-hybridized carbons (Fsp3) is 0.500. The van der Waals surface area contributed by atoms with Gasteiger partial charge in [0, 0.05) is 17.3 Å². The number of hydrogen-bond donors (Lipinski definition) is 0. The number of likely N-dealkylation sites (tertiary alicyclic amines) is 2. The molecule has 0 unspecified atom stereocenters. The van der Waals surface area contributed by atoms with Gasteiger partial charge in [-0.1, -0.05) is 43.2 Å². The summed E-state index contributed by atoms with van der Waals surface area (Å²) in [5.74, 6) is 0.944. The number of carbonyl (C=O) groups excluding carboxylic acids is 1. The molecule has 0 N–H and O–H groups in total. The minimum Gasteiger partial charge on any atom is -0.360 e. The summed E-state index contributed by atoms with van der Waals surface area (Å²) in [6, 6.07) is 9.99. The van der Waals surface area contributed by atoms with E-state index >= 15 is 0 Å². The van der Waals surface area contributed by atoms with Gasteiger partial charge in [-0.2, -0.15) is 0 Å². The average Bonchev–Trinajstić information content (AvgIpc) is 2.89. The van der Waals surface area contributed by atoms with Crippen LogP contribution in [0, 0.1) is 0 Å². The van der Waals surface area contributed by atoms with Crippen LogP contribution in [0.3, 0.4) is 0 Å². The number of fused-ring (bicyclic) bond motifs is 2. The molecule has 1 aromatic carbocycles. The SMILES string of the molecule is O=C(CN1CCCCCC1)N1CC2(C1)OCc1nc(-c3ccccc3)ncc12. The lowest BCUT2D eigenvalue weighted by molar-refractivity contribution is -0.169. The van der Waals surface area contributed by atoms with Crippen LogP contribution in [0.2, 0.25) is 0 Å². The van der Waals surface area contributed by atoms with Crippen molar-refractivity contribution in [3.05, 3.63) is 47.8 Å². The Morgan fingerprint density at radius 1 is 1.07 bits per heavy atom. The van der Waals surface area contributed by atoms with Crippen molar-refractivity contribution in [2.24, 2.45) is 0 Å². The van der Waals surface area contributed by atoms with Crippen molar-refractivity contribution in [3.8, 4) is 11.4 Å². The third kappa shape index (κ3) is 3.20. The second-order valence-corrected chi connectivity index (χ2v) is 8.14. The van der Waals surface area contributed by atoms with Gasteiger partial charge in [0.25, 0.3) is 0 Å². The third-order valence-electron chi connectivity index (χ3n) is 6.18. The number of carbonyl (C=O) groups is 1. The molecule has 2 aromatic rings. The summed E-state index contributed by atoms with van der Waals surface area (Å²) < 4.78 is 6.12. The summed E-state index contributed by atoms with van der Waals surface area (Å²) in [6.45, 7) is 4.33. The normalized spacial score (nSPS) is 21.2. The molecule has 28 heavy (non-hydrogen) atoms. The lowest BCUT2D eigenvalue weighted by Gasteiger charge is -2.47. The number of ether oxygens (including phenoxy) is 1. The summed E-state index contributed by atoms with van der Waals surface area (Å²) in [7, 11) is 0. The van der Waals surface area contributed by atoms with Crippen LogP contribution in [0.4, 0.5) is 0 Å². The highest BCUT2D eigenvalue weighted by atomic mass is 16.5. The molecule has 3 aliphatic heterocycles. The van der Waals surface area contributed by atoms with Crippen molar-refractivity contribution in [3.63, 3.8) is 0 Å². The van der Waals surface area contributed by atoms with Gasteiger partial charge < -0.3 is 9.64 Å². The Morgan fingerprint density at radius 3 is 2.57 bits per heavy atom. The third-order valence-corrected chi connectivity index (χ3v) is 6.18. The molecule has 0 radical (unpaired) electrons. The number of benzene rings is 1. The molecule has 6 heteroatoms. The van der Waals surface area contributed by atoms with E-state index in [-0.39, 0.29) is 5.91 Å². The smallest absolute Gasteiger partial charge is 0.236 e. The molecular weight excluding hydrogens is 352 g/mol. The van der Waals surface area contributed by atoms with E-state index in [0.29, 0.717) is 26.2 Å². The van der Waals surface area contributed by atoms with Gasteiger partial charge in [-0.05, 0) is 25.9 Å². The summed E-state index contributed by atoms with van der Waals surface area (Å²) in [4.78, 5) is 26.2. The van der Waals surface area contributed by atoms with E-state index in [1.807, 2.05) is 41.4 Å². The zero-order chi connectivity index (χ0) is 19.0. The number of aromatic nitrogens is 2. The Balaban J connectivity index is 1.25. The predicted molar refractivity (Wildman–Crippen MR) is 105 cm³/mol. The van der Waals surface area contributed by atoms with Crippen molar-refractivity contribution < 1.29 is 9.53 Å². The summed E-state index contributed by atoms with van der Waals surface area (Å²) in [5.41, 5.74) is 2.60. The monoisotopic (exact) mass is 378 g/mol. The molecule has 1 spiro atoms. The Labute approximate surface area is 165 Å². The maximum absolute atomic E-state index is 12.7. The Bertz CT molecular complexity index is 856. The molecule has 1 aromatic heterocycles. The van der Waals surface area contributed by atoms with Crippen molar-refractivity contribution in [2.75, 3.05) is 32.7 Å². The zero-order valence-corrected chi connectivity index (χ0v) is 16.1. The summed E-state index contributed by atoms with van der Waals surface area (Å²) in [6.07, 6.45) is 6.87. The highest BCUT2D eigenvalue weighted by Gasteiger charge is 2.52. The second-order valence-electron chi connectivity index (χ2n) is 8.14. The molecule has 0 bridgehead atoms. The molecule has 0 aliphatic carbocycles. The molecule has 146 valence electrons. The van der Waals surface area contributed by atoms with E-state index in [1.54, 1.807) is 0 Å². The van der Waals surface area contributed by atoms with Crippen LogP contribution in [0.1, 0.15) is 36.9 Å². The highest BCUT2D eigenvalue weighted by Crippen LogP contribution is 2.43. The lowest BCUT2D eigenvalue weighted by Crippen LogP contribution is -2.62. The Morgan fingerprint density at radius 2 is 1.82 bits per heavy atom. The number of rotatable bonds is 3. The largest absolute Gasteiger partial charge is 0.360 e. The minimum absolute atomic E-state index is 0.214. The molecule has 2 fully saturated rings.